The van der Waals surface area contributed by atoms with Crippen molar-refractivity contribution in [2.45, 2.75) is 0 Å². The van der Waals surface area contributed by atoms with Crippen molar-refractivity contribution in [2.75, 3.05) is 32.8 Å². The second kappa shape index (κ2) is 10.4. The predicted molar refractivity (Wildman–Crippen MR) is 146 cm³/mol. The highest BCUT2D eigenvalue weighted by atomic mass is 16.5. The minimum atomic E-state index is -0.588. The Hall–Kier alpha value is -4.98. The molecule has 1 aliphatic heterocycles. The molecule has 3 aromatic carbocycles. The number of esters is 1. The zero-order valence-corrected chi connectivity index (χ0v) is 21.1. The summed E-state index contributed by atoms with van der Waals surface area (Å²) < 4.78 is 10.7. The average molecular weight is 520 g/mol. The lowest BCUT2D eigenvalue weighted by Gasteiger charge is -2.34. The summed E-state index contributed by atoms with van der Waals surface area (Å²) >= 11 is 0. The van der Waals surface area contributed by atoms with Gasteiger partial charge >= 0.3 is 5.97 Å². The van der Waals surface area contributed by atoms with E-state index in [9.17, 15) is 14.4 Å². The number of rotatable bonds is 5. The molecule has 0 N–H and O–H groups in total. The van der Waals surface area contributed by atoms with Gasteiger partial charge in [-0.3, -0.25) is 9.59 Å². The molecule has 3 heterocycles. The molecule has 1 aliphatic rings. The topological polar surface area (TPSA) is 93.0 Å². The molecular formula is C31H25N3O5. The molecule has 0 spiro atoms. The molecule has 0 saturated carbocycles. The van der Waals surface area contributed by atoms with Gasteiger partial charge in [0.1, 0.15) is 0 Å². The van der Waals surface area contributed by atoms with Crippen molar-refractivity contribution in [3.63, 3.8) is 0 Å². The summed E-state index contributed by atoms with van der Waals surface area (Å²) in [5.41, 5.74) is 2.58. The molecule has 194 valence electrons. The Labute approximate surface area is 224 Å². The lowest BCUT2D eigenvalue weighted by Crippen LogP contribution is -2.51. The summed E-state index contributed by atoms with van der Waals surface area (Å²) in [4.78, 5) is 46.7. The van der Waals surface area contributed by atoms with Crippen LogP contribution >= 0.6 is 0 Å². The average Bonchev–Trinajstić information content (AvgIpc) is 3.54. The number of hydrogen-bond donors (Lipinski definition) is 0. The lowest BCUT2D eigenvalue weighted by atomic mass is 9.99. The predicted octanol–water partition coefficient (Wildman–Crippen LogP) is 4.79. The SMILES string of the molecule is O=C(OCC(=O)N1CCN(C(=O)c2ccco2)CC1)c1cc(-c2cccc3ccccc23)nc2ccccc12. The molecule has 0 unspecified atom stereocenters. The second-order valence-corrected chi connectivity index (χ2v) is 9.33. The molecule has 1 fully saturated rings. The van der Waals surface area contributed by atoms with E-state index in [0.717, 1.165) is 16.3 Å². The van der Waals surface area contributed by atoms with Crippen LogP contribution in [-0.4, -0.2) is 65.4 Å². The summed E-state index contributed by atoms with van der Waals surface area (Å²) in [6.07, 6.45) is 1.46. The first-order chi connectivity index (χ1) is 19.1. The summed E-state index contributed by atoms with van der Waals surface area (Å²) in [6, 6.07) is 26.4. The lowest BCUT2D eigenvalue weighted by molar-refractivity contribution is -0.136. The number of ether oxygens (including phenoxy) is 1. The van der Waals surface area contributed by atoms with Crippen LogP contribution in [0.2, 0.25) is 0 Å². The maximum absolute atomic E-state index is 13.3. The summed E-state index contributed by atoms with van der Waals surface area (Å²) in [7, 11) is 0. The van der Waals surface area contributed by atoms with Gasteiger partial charge in [0.05, 0.1) is 23.0 Å². The van der Waals surface area contributed by atoms with E-state index in [-0.39, 0.29) is 24.2 Å². The number of benzene rings is 3. The Kier molecular flexibility index (Phi) is 6.50. The number of fused-ring (bicyclic) bond motifs is 2. The van der Waals surface area contributed by atoms with Gasteiger partial charge in [-0.1, -0.05) is 60.7 Å². The van der Waals surface area contributed by atoms with E-state index in [1.807, 2.05) is 66.7 Å². The molecule has 5 aromatic rings. The highest BCUT2D eigenvalue weighted by Gasteiger charge is 2.27. The van der Waals surface area contributed by atoms with E-state index in [4.69, 9.17) is 14.1 Å². The van der Waals surface area contributed by atoms with Crippen LogP contribution < -0.4 is 0 Å². The summed E-state index contributed by atoms with van der Waals surface area (Å²) in [5.74, 6) is -0.822. The van der Waals surface area contributed by atoms with Crippen LogP contribution in [0.25, 0.3) is 32.9 Å². The van der Waals surface area contributed by atoms with Gasteiger partial charge in [-0.05, 0) is 35.0 Å². The van der Waals surface area contributed by atoms with Crippen molar-refractivity contribution >= 4 is 39.5 Å². The van der Waals surface area contributed by atoms with Crippen LogP contribution in [0.1, 0.15) is 20.9 Å². The maximum atomic E-state index is 13.3. The first kappa shape index (κ1) is 24.4. The van der Waals surface area contributed by atoms with Gasteiger partial charge in [-0.25, -0.2) is 9.78 Å². The molecule has 8 heteroatoms. The third-order valence-corrected chi connectivity index (χ3v) is 6.98. The Bertz CT molecular complexity index is 1680. The van der Waals surface area contributed by atoms with Crippen LogP contribution in [0.4, 0.5) is 0 Å². The van der Waals surface area contributed by atoms with E-state index < -0.39 is 5.97 Å². The van der Waals surface area contributed by atoms with Crippen molar-refractivity contribution in [1.29, 1.82) is 0 Å². The van der Waals surface area contributed by atoms with Gasteiger partial charge in [0.15, 0.2) is 12.4 Å². The van der Waals surface area contributed by atoms with Gasteiger partial charge < -0.3 is 19.0 Å². The number of furan rings is 1. The van der Waals surface area contributed by atoms with E-state index in [1.54, 1.807) is 28.0 Å². The minimum Gasteiger partial charge on any atom is -0.459 e. The Balaban J connectivity index is 1.18. The smallest absolute Gasteiger partial charge is 0.339 e. The van der Waals surface area contributed by atoms with Crippen LogP contribution in [0.15, 0.2) is 95.6 Å². The van der Waals surface area contributed by atoms with E-state index >= 15 is 0 Å². The molecule has 39 heavy (non-hydrogen) atoms. The number of nitrogens with zero attached hydrogens (tertiary/aromatic N) is 3. The number of aromatic nitrogens is 1. The van der Waals surface area contributed by atoms with E-state index in [2.05, 4.69) is 0 Å². The Morgan fingerprint density at radius 3 is 2.31 bits per heavy atom. The number of piperazine rings is 1. The van der Waals surface area contributed by atoms with Gasteiger partial charge in [0, 0.05) is 37.1 Å². The normalized spacial score (nSPS) is 13.5. The molecular weight excluding hydrogens is 494 g/mol. The van der Waals surface area contributed by atoms with E-state index in [1.165, 1.54) is 6.26 Å². The standard InChI is InChI=1S/C31H25N3O5/c35-29(33-14-16-34(17-15-33)30(36)28-13-6-18-38-28)20-39-31(37)25-19-27(32-26-12-4-3-10-24(25)26)23-11-5-8-21-7-1-2-9-22(21)23/h1-13,18-19H,14-17,20H2. The first-order valence-corrected chi connectivity index (χ1v) is 12.7. The Morgan fingerprint density at radius 1 is 0.795 bits per heavy atom. The zero-order valence-electron chi connectivity index (χ0n) is 21.1. The highest BCUT2D eigenvalue weighted by molar-refractivity contribution is 6.06. The fourth-order valence-corrected chi connectivity index (χ4v) is 4.94. The molecule has 0 aliphatic carbocycles. The molecule has 1 saturated heterocycles. The quantitative estimate of drug-likeness (QED) is 0.310. The number of amides is 2. The number of hydrogen-bond acceptors (Lipinski definition) is 6. The third kappa shape index (κ3) is 4.84. The van der Waals surface area contributed by atoms with Crippen molar-refractivity contribution in [3.8, 4) is 11.3 Å². The van der Waals surface area contributed by atoms with Crippen LogP contribution in [0.5, 0.6) is 0 Å². The van der Waals surface area contributed by atoms with Crippen LogP contribution in [0.3, 0.4) is 0 Å². The monoisotopic (exact) mass is 519 g/mol. The van der Waals surface area contributed by atoms with Crippen molar-refractivity contribution < 1.29 is 23.5 Å². The van der Waals surface area contributed by atoms with Crippen molar-refractivity contribution in [2.24, 2.45) is 0 Å². The largest absolute Gasteiger partial charge is 0.459 e. The fraction of sp³-hybridized carbons (Fsp3) is 0.161. The number of pyridine rings is 1. The summed E-state index contributed by atoms with van der Waals surface area (Å²) in [5, 5.41) is 2.76. The van der Waals surface area contributed by atoms with Crippen molar-refractivity contribution in [3.05, 3.63) is 103 Å². The zero-order chi connectivity index (χ0) is 26.8. The molecule has 8 nitrogen and oxygen atoms in total. The third-order valence-electron chi connectivity index (χ3n) is 6.98. The number of carbonyl (C=O) groups is 3. The number of para-hydroxylation sites is 1. The van der Waals surface area contributed by atoms with Crippen LogP contribution in [0, 0.1) is 0 Å². The first-order valence-electron chi connectivity index (χ1n) is 12.7. The molecule has 6 rings (SSSR count). The molecule has 0 atom stereocenters. The fourth-order valence-electron chi connectivity index (χ4n) is 4.94. The second-order valence-electron chi connectivity index (χ2n) is 9.33. The number of carbonyl (C=O) groups excluding carboxylic acids is 3. The van der Waals surface area contributed by atoms with Gasteiger partial charge in [-0.15, -0.1) is 0 Å². The molecule has 0 bridgehead atoms. The Morgan fingerprint density at radius 2 is 1.51 bits per heavy atom. The molecule has 0 radical (unpaired) electrons. The summed E-state index contributed by atoms with van der Waals surface area (Å²) in [6.45, 7) is 1.08. The highest BCUT2D eigenvalue weighted by Crippen LogP contribution is 2.30. The van der Waals surface area contributed by atoms with Gasteiger partial charge in [0.25, 0.3) is 11.8 Å². The molecule has 2 aromatic heterocycles. The van der Waals surface area contributed by atoms with Crippen molar-refractivity contribution in [1.82, 2.24) is 14.8 Å². The maximum Gasteiger partial charge on any atom is 0.339 e. The van der Waals surface area contributed by atoms with E-state index in [0.29, 0.717) is 48.3 Å². The van der Waals surface area contributed by atoms with Crippen LogP contribution in [-0.2, 0) is 9.53 Å². The molecule has 2 amide bonds. The van der Waals surface area contributed by atoms with Gasteiger partial charge in [0.2, 0.25) is 0 Å². The minimum absolute atomic E-state index is 0.204. The van der Waals surface area contributed by atoms with Gasteiger partial charge in [-0.2, -0.15) is 0 Å².